The average Bonchev–Trinajstić information content (AvgIpc) is 3.06. The van der Waals surface area contributed by atoms with Gasteiger partial charge in [-0.15, -0.1) is 5.10 Å². The maximum absolute atomic E-state index is 12.4. The molecule has 7 heteroatoms. The number of rotatable bonds is 2. The molecule has 23 heavy (non-hydrogen) atoms. The second kappa shape index (κ2) is 5.77. The normalized spacial score (nSPS) is 15.0. The maximum atomic E-state index is 12.4. The summed E-state index contributed by atoms with van der Waals surface area (Å²) in [5, 5.41) is 8.21. The smallest absolute Gasteiger partial charge is 0.254 e. The summed E-state index contributed by atoms with van der Waals surface area (Å²) in [7, 11) is 0. The second-order valence-electron chi connectivity index (χ2n) is 5.30. The molecule has 1 aromatic carbocycles. The van der Waals surface area contributed by atoms with Crippen LogP contribution in [-0.4, -0.2) is 57.1 Å². The Morgan fingerprint density at radius 2 is 1.87 bits per heavy atom. The minimum Gasteiger partial charge on any atom is -0.378 e. The summed E-state index contributed by atoms with van der Waals surface area (Å²) in [6.45, 7) is 2.47. The van der Waals surface area contributed by atoms with E-state index < -0.39 is 0 Å². The largest absolute Gasteiger partial charge is 0.378 e. The molecule has 0 bridgehead atoms. The maximum Gasteiger partial charge on any atom is 0.254 e. The first kappa shape index (κ1) is 13.8. The molecule has 1 aliphatic rings. The number of morpholine rings is 1. The average molecular weight is 309 g/mol. The number of pyridine rings is 1. The Kier molecular flexibility index (Phi) is 3.47. The number of carbonyl (C=O) groups excluding carboxylic acids is 1. The van der Waals surface area contributed by atoms with Gasteiger partial charge in [0, 0.05) is 24.8 Å². The van der Waals surface area contributed by atoms with Crippen LogP contribution in [0.25, 0.3) is 16.9 Å². The molecule has 116 valence electrons. The van der Waals surface area contributed by atoms with Crippen LogP contribution in [0.1, 0.15) is 10.4 Å². The number of benzene rings is 1. The standard InChI is InChI=1S/C16H15N5O2/c22-16(20-8-10-23-11-9-20)12-3-5-13(6-4-12)21-15-14(18-19-21)2-1-7-17-15/h1-7H,8-11H2. The highest BCUT2D eigenvalue weighted by atomic mass is 16.5. The van der Waals surface area contributed by atoms with Gasteiger partial charge < -0.3 is 9.64 Å². The van der Waals surface area contributed by atoms with Gasteiger partial charge in [-0.05, 0) is 36.4 Å². The van der Waals surface area contributed by atoms with Crippen molar-refractivity contribution in [1.82, 2.24) is 24.9 Å². The zero-order chi connectivity index (χ0) is 15.6. The number of amides is 1. The molecule has 3 heterocycles. The summed E-state index contributed by atoms with van der Waals surface area (Å²) in [4.78, 5) is 18.5. The van der Waals surface area contributed by atoms with Gasteiger partial charge in [0.05, 0.1) is 18.9 Å². The molecular formula is C16H15N5O2. The van der Waals surface area contributed by atoms with Gasteiger partial charge in [0.1, 0.15) is 5.52 Å². The van der Waals surface area contributed by atoms with Crippen LogP contribution < -0.4 is 0 Å². The molecule has 0 spiro atoms. The number of carbonyl (C=O) groups is 1. The van der Waals surface area contributed by atoms with Crippen LogP contribution in [-0.2, 0) is 4.74 Å². The summed E-state index contributed by atoms with van der Waals surface area (Å²) < 4.78 is 6.94. The Morgan fingerprint density at radius 1 is 1.09 bits per heavy atom. The van der Waals surface area contributed by atoms with Crippen LogP contribution in [0, 0.1) is 0 Å². The summed E-state index contributed by atoms with van der Waals surface area (Å²) in [6, 6.07) is 11.0. The molecule has 1 saturated heterocycles. The van der Waals surface area contributed by atoms with Crippen LogP contribution in [0.3, 0.4) is 0 Å². The first-order chi connectivity index (χ1) is 11.3. The Morgan fingerprint density at radius 3 is 2.65 bits per heavy atom. The lowest BCUT2D eigenvalue weighted by molar-refractivity contribution is 0.0303. The van der Waals surface area contributed by atoms with E-state index in [0.29, 0.717) is 37.5 Å². The van der Waals surface area contributed by atoms with Crippen molar-refractivity contribution in [2.24, 2.45) is 0 Å². The number of nitrogens with zero attached hydrogens (tertiary/aromatic N) is 5. The Labute approximate surface area is 132 Å². The molecule has 2 aromatic heterocycles. The van der Waals surface area contributed by atoms with Gasteiger partial charge in [-0.25, -0.2) is 4.98 Å². The summed E-state index contributed by atoms with van der Waals surface area (Å²) in [5.74, 6) is 0.0291. The summed E-state index contributed by atoms with van der Waals surface area (Å²) in [6.07, 6.45) is 1.71. The van der Waals surface area contributed by atoms with Gasteiger partial charge in [0.2, 0.25) is 0 Å². The molecule has 0 aliphatic carbocycles. The molecule has 4 rings (SSSR count). The molecule has 0 saturated carbocycles. The molecule has 0 atom stereocenters. The van der Waals surface area contributed by atoms with E-state index in [1.54, 1.807) is 10.9 Å². The van der Waals surface area contributed by atoms with E-state index in [0.717, 1.165) is 11.2 Å². The lowest BCUT2D eigenvalue weighted by Crippen LogP contribution is -2.40. The van der Waals surface area contributed by atoms with E-state index in [1.807, 2.05) is 41.3 Å². The van der Waals surface area contributed by atoms with E-state index in [-0.39, 0.29) is 5.91 Å². The van der Waals surface area contributed by atoms with Crippen LogP contribution in [0.15, 0.2) is 42.6 Å². The summed E-state index contributed by atoms with van der Waals surface area (Å²) in [5.41, 5.74) is 2.92. The fourth-order valence-electron chi connectivity index (χ4n) is 2.63. The van der Waals surface area contributed by atoms with Gasteiger partial charge in [-0.2, -0.15) is 4.68 Å². The van der Waals surface area contributed by atoms with E-state index >= 15 is 0 Å². The van der Waals surface area contributed by atoms with Crippen molar-refractivity contribution in [1.29, 1.82) is 0 Å². The van der Waals surface area contributed by atoms with Crippen LogP contribution in [0.4, 0.5) is 0 Å². The SMILES string of the molecule is O=C(c1ccc(-n2nnc3cccnc32)cc1)N1CCOCC1. The molecule has 1 aliphatic heterocycles. The summed E-state index contributed by atoms with van der Waals surface area (Å²) >= 11 is 0. The predicted octanol–water partition coefficient (Wildman–Crippen LogP) is 1.29. The Balaban J connectivity index is 1.61. The Hall–Kier alpha value is -2.80. The van der Waals surface area contributed by atoms with Crippen LogP contribution in [0.2, 0.25) is 0 Å². The van der Waals surface area contributed by atoms with Gasteiger partial charge in [-0.1, -0.05) is 5.21 Å². The highest BCUT2D eigenvalue weighted by Gasteiger charge is 2.18. The molecular weight excluding hydrogens is 294 g/mol. The zero-order valence-corrected chi connectivity index (χ0v) is 12.4. The zero-order valence-electron chi connectivity index (χ0n) is 12.4. The highest BCUT2D eigenvalue weighted by Crippen LogP contribution is 2.15. The minimum absolute atomic E-state index is 0.0291. The molecule has 0 unspecified atom stereocenters. The number of fused-ring (bicyclic) bond motifs is 1. The highest BCUT2D eigenvalue weighted by molar-refractivity contribution is 5.94. The van der Waals surface area contributed by atoms with E-state index in [9.17, 15) is 4.79 Å². The van der Waals surface area contributed by atoms with Crippen molar-refractivity contribution < 1.29 is 9.53 Å². The van der Waals surface area contributed by atoms with E-state index in [2.05, 4.69) is 15.3 Å². The van der Waals surface area contributed by atoms with Gasteiger partial charge in [-0.3, -0.25) is 4.79 Å². The van der Waals surface area contributed by atoms with E-state index in [4.69, 9.17) is 4.74 Å². The molecule has 0 N–H and O–H groups in total. The van der Waals surface area contributed by atoms with Crippen LogP contribution in [0.5, 0.6) is 0 Å². The molecule has 3 aromatic rings. The van der Waals surface area contributed by atoms with Crippen LogP contribution >= 0.6 is 0 Å². The third-order valence-corrected chi connectivity index (χ3v) is 3.87. The van der Waals surface area contributed by atoms with Gasteiger partial charge in [0.25, 0.3) is 5.91 Å². The number of hydrogen-bond donors (Lipinski definition) is 0. The molecule has 7 nitrogen and oxygen atoms in total. The van der Waals surface area contributed by atoms with Crippen molar-refractivity contribution in [2.45, 2.75) is 0 Å². The van der Waals surface area contributed by atoms with E-state index in [1.165, 1.54) is 0 Å². The van der Waals surface area contributed by atoms with Gasteiger partial charge in [0.15, 0.2) is 5.65 Å². The predicted molar refractivity (Wildman–Crippen MR) is 83.4 cm³/mol. The number of ether oxygens (including phenoxy) is 1. The van der Waals surface area contributed by atoms with Crippen molar-refractivity contribution in [3.8, 4) is 5.69 Å². The number of hydrogen-bond acceptors (Lipinski definition) is 5. The quantitative estimate of drug-likeness (QED) is 0.713. The third kappa shape index (κ3) is 2.55. The monoisotopic (exact) mass is 309 g/mol. The van der Waals surface area contributed by atoms with Crippen molar-refractivity contribution in [2.75, 3.05) is 26.3 Å². The topological polar surface area (TPSA) is 73.1 Å². The first-order valence-corrected chi connectivity index (χ1v) is 7.47. The fourth-order valence-corrected chi connectivity index (χ4v) is 2.63. The lowest BCUT2D eigenvalue weighted by atomic mass is 10.1. The Bertz CT molecular complexity index is 837. The first-order valence-electron chi connectivity index (χ1n) is 7.47. The fraction of sp³-hybridized carbons (Fsp3) is 0.250. The lowest BCUT2D eigenvalue weighted by Gasteiger charge is -2.26. The molecule has 0 radical (unpaired) electrons. The molecule has 1 fully saturated rings. The second-order valence-corrected chi connectivity index (χ2v) is 5.30. The number of aromatic nitrogens is 4. The molecule has 1 amide bonds. The van der Waals surface area contributed by atoms with Gasteiger partial charge >= 0.3 is 0 Å². The van der Waals surface area contributed by atoms with Crippen molar-refractivity contribution in [3.05, 3.63) is 48.2 Å². The van der Waals surface area contributed by atoms with Crippen molar-refractivity contribution >= 4 is 17.1 Å². The van der Waals surface area contributed by atoms with Crippen molar-refractivity contribution in [3.63, 3.8) is 0 Å². The third-order valence-electron chi connectivity index (χ3n) is 3.87. The minimum atomic E-state index is 0.0291.